The number of benzene rings is 1. The number of hydrogen-bond donors (Lipinski definition) is 1. The molecule has 1 aromatic rings. The number of rotatable bonds is 9. The summed E-state index contributed by atoms with van der Waals surface area (Å²) in [5.74, 6) is -0.776. The van der Waals surface area contributed by atoms with Crippen LogP contribution < -0.4 is 10.2 Å². The van der Waals surface area contributed by atoms with Crippen LogP contribution in [0.5, 0.6) is 0 Å². The molecule has 144 valence electrons. The van der Waals surface area contributed by atoms with Gasteiger partial charge in [-0.2, -0.15) is 0 Å². The zero-order valence-corrected chi connectivity index (χ0v) is 15.9. The maximum atomic E-state index is 14.3. The van der Waals surface area contributed by atoms with Crippen LogP contribution in [0.15, 0.2) is 18.2 Å². The average Bonchev–Trinajstić information content (AvgIpc) is 3.15. The maximum absolute atomic E-state index is 14.3. The Balaban J connectivity index is 1.96. The van der Waals surface area contributed by atoms with Crippen LogP contribution in [0.3, 0.4) is 0 Å². The monoisotopic (exact) mass is 363 g/mol. The molecule has 6 heteroatoms. The molecule has 5 nitrogen and oxygen atoms in total. The molecule has 0 unspecified atom stereocenters. The van der Waals surface area contributed by atoms with E-state index in [0.29, 0.717) is 13.1 Å². The minimum Gasteiger partial charge on any atom is -0.370 e. The highest BCUT2D eigenvalue weighted by atomic mass is 19.1. The number of amides is 2. The number of halogens is 1. The van der Waals surface area contributed by atoms with E-state index in [4.69, 9.17) is 0 Å². The Hall–Kier alpha value is -2.11. The Kier molecular flexibility index (Phi) is 7.88. The lowest BCUT2D eigenvalue weighted by Gasteiger charge is -2.23. The lowest BCUT2D eigenvalue weighted by molar-refractivity contribution is -0.132. The Labute approximate surface area is 155 Å². The zero-order valence-electron chi connectivity index (χ0n) is 15.9. The fourth-order valence-corrected chi connectivity index (χ4v) is 3.34. The molecule has 1 fully saturated rings. The minimum absolute atomic E-state index is 0.0165. The molecule has 0 aromatic heterocycles. The number of carbonyl (C=O) groups is 2. The van der Waals surface area contributed by atoms with Gasteiger partial charge < -0.3 is 15.1 Å². The first kappa shape index (κ1) is 20.2. The molecular weight excluding hydrogens is 333 g/mol. The van der Waals surface area contributed by atoms with Crippen LogP contribution >= 0.6 is 0 Å². The lowest BCUT2D eigenvalue weighted by Crippen LogP contribution is -2.33. The van der Waals surface area contributed by atoms with Crippen molar-refractivity contribution in [3.8, 4) is 0 Å². The maximum Gasteiger partial charge on any atom is 0.225 e. The van der Waals surface area contributed by atoms with E-state index in [0.717, 1.165) is 44.5 Å². The largest absolute Gasteiger partial charge is 0.370 e. The molecule has 0 spiro atoms. The second-order valence-corrected chi connectivity index (χ2v) is 6.76. The molecule has 26 heavy (non-hydrogen) atoms. The van der Waals surface area contributed by atoms with E-state index in [1.807, 2.05) is 19.9 Å². The predicted molar refractivity (Wildman–Crippen MR) is 103 cm³/mol. The number of carbonyl (C=O) groups excluding carboxylic acids is 2. The molecule has 1 aliphatic heterocycles. The van der Waals surface area contributed by atoms with Crippen molar-refractivity contribution in [2.75, 3.05) is 36.4 Å². The summed E-state index contributed by atoms with van der Waals surface area (Å²) >= 11 is 0. The van der Waals surface area contributed by atoms with Crippen LogP contribution in [0.1, 0.15) is 52.4 Å². The first-order valence-corrected chi connectivity index (χ1v) is 9.67. The van der Waals surface area contributed by atoms with Crippen LogP contribution in [-0.2, 0) is 9.59 Å². The summed E-state index contributed by atoms with van der Waals surface area (Å²) in [6, 6.07) is 4.85. The van der Waals surface area contributed by atoms with E-state index < -0.39 is 5.82 Å². The number of para-hydroxylation sites is 1. The van der Waals surface area contributed by atoms with Gasteiger partial charge in [0, 0.05) is 39.0 Å². The summed E-state index contributed by atoms with van der Waals surface area (Å²) in [5.41, 5.74) is 0.951. The Morgan fingerprint density at radius 2 is 1.77 bits per heavy atom. The van der Waals surface area contributed by atoms with Crippen molar-refractivity contribution < 1.29 is 14.0 Å². The van der Waals surface area contributed by atoms with Crippen molar-refractivity contribution in [3.05, 3.63) is 24.0 Å². The molecule has 0 bridgehead atoms. The highest BCUT2D eigenvalue weighted by molar-refractivity contribution is 5.96. The number of anilines is 2. The SMILES string of the molecule is CCCN(CCC)C(=O)CCC(=O)Nc1c(F)cccc1N1CCCC1. The Morgan fingerprint density at radius 1 is 1.12 bits per heavy atom. The second kappa shape index (κ2) is 10.1. The molecule has 0 atom stereocenters. The zero-order chi connectivity index (χ0) is 18.9. The van der Waals surface area contributed by atoms with Gasteiger partial charge in [0.15, 0.2) is 0 Å². The normalized spacial score (nSPS) is 13.7. The van der Waals surface area contributed by atoms with E-state index in [-0.39, 0.29) is 30.3 Å². The van der Waals surface area contributed by atoms with Gasteiger partial charge in [-0.15, -0.1) is 0 Å². The molecule has 2 amide bonds. The highest BCUT2D eigenvalue weighted by Crippen LogP contribution is 2.31. The quantitative estimate of drug-likeness (QED) is 0.726. The molecule has 1 aliphatic rings. The molecule has 0 saturated carbocycles. The van der Waals surface area contributed by atoms with Crippen molar-refractivity contribution in [1.29, 1.82) is 0 Å². The summed E-state index contributed by atoms with van der Waals surface area (Å²) in [6.45, 7) is 7.21. The van der Waals surface area contributed by atoms with Gasteiger partial charge in [0.05, 0.1) is 5.69 Å². The van der Waals surface area contributed by atoms with Gasteiger partial charge >= 0.3 is 0 Å². The standard InChI is InChI=1S/C20H30FN3O2/c1-3-12-24(13-4-2)19(26)11-10-18(25)22-20-16(21)8-7-9-17(20)23-14-5-6-15-23/h7-9H,3-6,10-15H2,1-2H3,(H,22,25). The van der Waals surface area contributed by atoms with Crippen molar-refractivity contribution in [2.24, 2.45) is 0 Å². The fraction of sp³-hybridized carbons (Fsp3) is 0.600. The first-order chi connectivity index (χ1) is 12.6. The predicted octanol–water partition coefficient (Wildman–Crippen LogP) is 3.79. The van der Waals surface area contributed by atoms with Crippen molar-refractivity contribution >= 4 is 23.2 Å². The van der Waals surface area contributed by atoms with Gasteiger partial charge in [-0.3, -0.25) is 9.59 Å². The molecule has 1 heterocycles. The number of nitrogens with one attached hydrogen (secondary N) is 1. The molecule has 0 radical (unpaired) electrons. The van der Waals surface area contributed by atoms with Crippen LogP contribution in [-0.4, -0.2) is 42.9 Å². The summed E-state index contributed by atoms with van der Waals surface area (Å²) in [7, 11) is 0. The van der Waals surface area contributed by atoms with Gasteiger partial charge in [-0.25, -0.2) is 4.39 Å². The van der Waals surface area contributed by atoms with Crippen molar-refractivity contribution in [3.63, 3.8) is 0 Å². The van der Waals surface area contributed by atoms with Crippen LogP contribution in [0.4, 0.5) is 15.8 Å². The van der Waals surface area contributed by atoms with E-state index in [1.54, 1.807) is 11.0 Å². The molecular formula is C20H30FN3O2. The summed E-state index contributed by atoms with van der Waals surface area (Å²) in [4.78, 5) is 28.5. The molecule has 2 rings (SSSR count). The van der Waals surface area contributed by atoms with E-state index >= 15 is 0 Å². The number of hydrogen-bond acceptors (Lipinski definition) is 3. The summed E-state index contributed by atoms with van der Waals surface area (Å²) in [5, 5.41) is 2.69. The average molecular weight is 363 g/mol. The van der Waals surface area contributed by atoms with E-state index in [2.05, 4.69) is 10.2 Å². The van der Waals surface area contributed by atoms with E-state index in [1.165, 1.54) is 6.07 Å². The molecule has 0 aliphatic carbocycles. The summed E-state index contributed by atoms with van der Waals surface area (Å²) in [6.07, 6.45) is 4.15. The molecule has 1 saturated heterocycles. The lowest BCUT2D eigenvalue weighted by atomic mass is 10.2. The topological polar surface area (TPSA) is 52.7 Å². The van der Waals surface area contributed by atoms with Gasteiger partial charge in [-0.05, 0) is 37.8 Å². The van der Waals surface area contributed by atoms with Crippen molar-refractivity contribution in [2.45, 2.75) is 52.4 Å². The summed E-state index contributed by atoms with van der Waals surface area (Å²) < 4.78 is 14.3. The van der Waals surface area contributed by atoms with Crippen molar-refractivity contribution in [1.82, 2.24) is 4.90 Å². The van der Waals surface area contributed by atoms with Gasteiger partial charge in [0.25, 0.3) is 0 Å². The van der Waals surface area contributed by atoms with Crippen LogP contribution in [0.25, 0.3) is 0 Å². The fourth-order valence-electron chi connectivity index (χ4n) is 3.34. The van der Waals surface area contributed by atoms with Gasteiger partial charge in [0.1, 0.15) is 11.5 Å². The van der Waals surface area contributed by atoms with E-state index in [9.17, 15) is 14.0 Å². The second-order valence-electron chi connectivity index (χ2n) is 6.76. The molecule has 1 N–H and O–H groups in total. The highest BCUT2D eigenvalue weighted by Gasteiger charge is 2.20. The first-order valence-electron chi connectivity index (χ1n) is 9.67. The van der Waals surface area contributed by atoms with Gasteiger partial charge in [-0.1, -0.05) is 19.9 Å². The van der Waals surface area contributed by atoms with Crippen LogP contribution in [0.2, 0.25) is 0 Å². The minimum atomic E-state index is -0.437. The third kappa shape index (κ3) is 5.44. The smallest absolute Gasteiger partial charge is 0.225 e. The van der Waals surface area contributed by atoms with Crippen LogP contribution in [0, 0.1) is 5.82 Å². The Bertz CT molecular complexity index is 609. The molecule has 1 aromatic carbocycles. The Morgan fingerprint density at radius 3 is 2.38 bits per heavy atom. The number of nitrogens with zero attached hydrogens (tertiary/aromatic N) is 2. The third-order valence-corrected chi connectivity index (χ3v) is 4.61. The van der Waals surface area contributed by atoms with Gasteiger partial charge in [0.2, 0.25) is 11.8 Å². The third-order valence-electron chi connectivity index (χ3n) is 4.61.